The number of halogens is 1. The van der Waals surface area contributed by atoms with Gasteiger partial charge in [0, 0.05) is 16.8 Å². The lowest BCUT2D eigenvalue weighted by molar-refractivity contribution is 0.578. The monoisotopic (exact) mass is 263 g/mol. The summed E-state index contributed by atoms with van der Waals surface area (Å²) in [4.78, 5) is 0.201. The van der Waals surface area contributed by atoms with Gasteiger partial charge in [-0.05, 0) is 26.0 Å². The van der Waals surface area contributed by atoms with E-state index < -0.39 is 0 Å². The van der Waals surface area contributed by atoms with Gasteiger partial charge >= 0.3 is 0 Å². The summed E-state index contributed by atoms with van der Waals surface area (Å²) in [7, 11) is 0. The molecule has 0 atom stereocenters. The van der Waals surface area contributed by atoms with Crippen molar-refractivity contribution in [2.75, 3.05) is 0 Å². The highest BCUT2D eigenvalue weighted by Gasteiger charge is 2.08. The third-order valence-electron chi connectivity index (χ3n) is 2.76. The van der Waals surface area contributed by atoms with Crippen LogP contribution in [0.15, 0.2) is 24.3 Å². The van der Waals surface area contributed by atoms with Crippen molar-refractivity contribution in [1.82, 2.24) is 9.78 Å². The average Bonchev–Trinajstić information content (AvgIpc) is 2.60. The second kappa shape index (κ2) is 4.86. The maximum atomic E-state index is 13.9. The molecule has 0 saturated heterocycles. The zero-order valence-electron chi connectivity index (χ0n) is 10.3. The molecule has 0 bridgehead atoms. The number of aryl methyl sites for hydroxylation is 2. The fraction of sp³-hybridized carbons (Fsp3) is 0.231. The Labute approximate surface area is 110 Å². The van der Waals surface area contributed by atoms with Gasteiger partial charge in [0.05, 0.1) is 12.2 Å². The van der Waals surface area contributed by atoms with Crippen molar-refractivity contribution >= 4 is 17.2 Å². The summed E-state index contributed by atoms with van der Waals surface area (Å²) in [5, 5.41) is 4.30. The molecule has 3 nitrogen and oxygen atoms in total. The third-order valence-corrected chi connectivity index (χ3v) is 3.00. The van der Waals surface area contributed by atoms with E-state index >= 15 is 0 Å². The molecule has 2 rings (SSSR count). The highest BCUT2D eigenvalue weighted by molar-refractivity contribution is 7.80. The molecule has 0 aliphatic carbocycles. The molecule has 1 heterocycles. The van der Waals surface area contributed by atoms with Crippen molar-refractivity contribution < 1.29 is 4.39 Å². The largest absolute Gasteiger partial charge is 0.389 e. The minimum Gasteiger partial charge on any atom is -0.389 e. The normalized spacial score (nSPS) is 10.6. The molecule has 1 aromatic heterocycles. The minimum absolute atomic E-state index is 0.201. The van der Waals surface area contributed by atoms with Gasteiger partial charge in [0.15, 0.2) is 0 Å². The number of aromatic nitrogens is 2. The van der Waals surface area contributed by atoms with Crippen molar-refractivity contribution in [3.63, 3.8) is 0 Å². The van der Waals surface area contributed by atoms with Crippen molar-refractivity contribution in [2.45, 2.75) is 20.4 Å². The Hall–Kier alpha value is -1.75. The van der Waals surface area contributed by atoms with Gasteiger partial charge in [-0.3, -0.25) is 4.68 Å². The number of thiocarbonyl (C=S) groups is 1. The molecule has 5 heteroatoms. The quantitative estimate of drug-likeness (QED) is 0.864. The zero-order chi connectivity index (χ0) is 13.3. The molecule has 0 spiro atoms. The van der Waals surface area contributed by atoms with E-state index in [-0.39, 0.29) is 10.8 Å². The molecule has 0 aliphatic heterocycles. The van der Waals surface area contributed by atoms with E-state index in [0.717, 1.165) is 11.4 Å². The Kier molecular flexibility index (Phi) is 3.43. The van der Waals surface area contributed by atoms with Crippen LogP contribution in [-0.2, 0) is 6.54 Å². The molecule has 1 aromatic carbocycles. The molecule has 18 heavy (non-hydrogen) atoms. The summed E-state index contributed by atoms with van der Waals surface area (Å²) in [6.45, 7) is 4.26. The molecular formula is C13H14FN3S. The van der Waals surface area contributed by atoms with Crippen LogP contribution < -0.4 is 5.73 Å². The van der Waals surface area contributed by atoms with Crippen LogP contribution in [0.25, 0.3) is 0 Å². The van der Waals surface area contributed by atoms with Crippen LogP contribution in [0.4, 0.5) is 4.39 Å². The molecule has 0 radical (unpaired) electrons. The second-order valence-corrected chi connectivity index (χ2v) is 4.70. The molecule has 2 aromatic rings. The highest BCUT2D eigenvalue weighted by atomic mass is 32.1. The number of nitrogens with two attached hydrogens (primary N) is 1. The average molecular weight is 263 g/mol. The smallest absolute Gasteiger partial charge is 0.128 e. The van der Waals surface area contributed by atoms with Gasteiger partial charge in [-0.15, -0.1) is 0 Å². The van der Waals surface area contributed by atoms with Crippen LogP contribution in [0.2, 0.25) is 0 Å². The lowest BCUT2D eigenvalue weighted by Crippen LogP contribution is -2.11. The first-order valence-electron chi connectivity index (χ1n) is 5.56. The van der Waals surface area contributed by atoms with Crippen molar-refractivity contribution in [2.24, 2.45) is 5.73 Å². The first kappa shape index (κ1) is 12.7. The van der Waals surface area contributed by atoms with Crippen LogP contribution >= 0.6 is 12.2 Å². The van der Waals surface area contributed by atoms with Gasteiger partial charge in [-0.1, -0.05) is 24.4 Å². The van der Waals surface area contributed by atoms with E-state index in [2.05, 4.69) is 5.10 Å². The van der Waals surface area contributed by atoms with Crippen molar-refractivity contribution in [3.8, 4) is 0 Å². The molecule has 0 unspecified atom stereocenters. The zero-order valence-corrected chi connectivity index (χ0v) is 11.1. The van der Waals surface area contributed by atoms with E-state index in [1.165, 1.54) is 6.07 Å². The Morgan fingerprint density at radius 1 is 1.39 bits per heavy atom. The van der Waals surface area contributed by atoms with Gasteiger partial charge < -0.3 is 5.73 Å². The van der Waals surface area contributed by atoms with E-state index in [4.69, 9.17) is 18.0 Å². The Bertz CT molecular complexity index is 604. The predicted octanol–water partition coefficient (Wildman–Crippen LogP) is 2.32. The number of rotatable bonds is 3. The lowest BCUT2D eigenvalue weighted by Gasteiger charge is -2.07. The van der Waals surface area contributed by atoms with Crippen LogP contribution in [-0.4, -0.2) is 14.8 Å². The van der Waals surface area contributed by atoms with E-state index in [1.807, 2.05) is 19.9 Å². The fourth-order valence-electron chi connectivity index (χ4n) is 1.83. The van der Waals surface area contributed by atoms with Gasteiger partial charge in [0.2, 0.25) is 0 Å². The van der Waals surface area contributed by atoms with Crippen molar-refractivity contribution in [1.29, 1.82) is 0 Å². The number of nitrogens with zero attached hydrogens (tertiary/aromatic N) is 2. The SMILES string of the molecule is Cc1cc(C)n(Cc2ccc(C(N)=S)cc2F)n1. The fourth-order valence-corrected chi connectivity index (χ4v) is 1.95. The lowest BCUT2D eigenvalue weighted by atomic mass is 10.1. The molecule has 2 N–H and O–H groups in total. The van der Waals surface area contributed by atoms with Crippen LogP contribution in [0.1, 0.15) is 22.5 Å². The predicted molar refractivity (Wildman–Crippen MR) is 73.1 cm³/mol. The highest BCUT2D eigenvalue weighted by Crippen LogP contribution is 2.13. The second-order valence-electron chi connectivity index (χ2n) is 4.26. The van der Waals surface area contributed by atoms with Crippen molar-refractivity contribution in [3.05, 3.63) is 52.6 Å². The molecule has 94 valence electrons. The van der Waals surface area contributed by atoms with Crippen LogP contribution in [0, 0.1) is 19.7 Å². The summed E-state index contributed by atoms with van der Waals surface area (Å²) >= 11 is 4.81. The molecule has 0 aliphatic rings. The summed E-state index contributed by atoms with van der Waals surface area (Å²) in [5.41, 5.74) is 8.50. The van der Waals surface area contributed by atoms with Gasteiger partial charge in [-0.2, -0.15) is 5.10 Å². The summed E-state index contributed by atoms with van der Waals surface area (Å²) in [6, 6.07) is 6.75. The molecule has 0 saturated carbocycles. The molecule has 0 fully saturated rings. The summed E-state index contributed by atoms with van der Waals surface area (Å²) in [6.07, 6.45) is 0. The maximum absolute atomic E-state index is 13.9. The Balaban J connectivity index is 2.30. The topological polar surface area (TPSA) is 43.8 Å². The summed E-state index contributed by atoms with van der Waals surface area (Å²) in [5.74, 6) is -0.312. The maximum Gasteiger partial charge on any atom is 0.128 e. The standard InChI is InChI=1S/C13H14FN3S/c1-8-5-9(2)17(16-8)7-11-4-3-10(13(15)18)6-12(11)14/h3-6H,7H2,1-2H3,(H2,15,18). The first-order chi connectivity index (χ1) is 8.47. The van der Waals surface area contributed by atoms with Crippen LogP contribution in [0.5, 0.6) is 0 Å². The van der Waals surface area contributed by atoms with Gasteiger partial charge in [-0.25, -0.2) is 4.39 Å². The Morgan fingerprint density at radius 2 is 2.11 bits per heavy atom. The van der Waals surface area contributed by atoms with Crippen LogP contribution in [0.3, 0.4) is 0 Å². The number of hydrogen-bond acceptors (Lipinski definition) is 2. The first-order valence-corrected chi connectivity index (χ1v) is 5.97. The number of benzene rings is 1. The Morgan fingerprint density at radius 3 is 2.61 bits per heavy atom. The van der Waals surface area contributed by atoms with E-state index in [1.54, 1.807) is 16.8 Å². The van der Waals surface area contributed by atoms with E-state index in [9.17, 15) is 4.39 Å². The minimum atomic E-state index is -0.312. The molecule has 0 amide bonds. The number of hydrogen-bond donors (Lipinski definition) is 1. The summed E-state index contributed by atoms with van der Waals surface area (Å²) < 4.78 is 15.7. The third kappa shape index (κ3) is 2.56. The van der Waals surface area contributed by atoms with Gasteiger partial charge in [0.1, 0.15) is 10.8 Å². The molecular weight excluding hydrogens is 249 g/mol. The van der Waals surface area contributed by atoms with E-state index in [0.29, 0.717) is 17.7 Å². The van der Waals surface area contributed by atoms with Gasteiger partial charge in [0.25, 0.3) is 0 Å².